The standard InChI is InChI=1S/C12H14BrNO2/c1-8-9(6-7-16-8)12(15)14-11-5-3-2-4-10(11)13/h2-5,8-9H,6-7H2,1H3,(H,14,15). The molecule has 1 amide bonds. The second-order valence-corrected chi connectivity index (χ2v) is 4.79. The average molecular weight is 284 g/mol. The van der Waals surface area contributed by atoms with Crippen molar-refractivity contribution >= 4 is 27.5 Å². The normalized spacial score (nSPS) is 24.4. The van der Waals surface area contributed by atoms with Crippen LogP contribution in [0.25, 0.3) is 0 Å². The van der Waals surface area contributed by atoms with E-state index in [1.165, 1.54) is 0 Å². The molecule has 0 saturated carbocycles. The van der Waals surface area contributed by atoms with Crippen LogP contribution in [0.4, 0.5) is 5.69 Å². The van der Waals surface area contributed by atoms with Crippen LogP contribution in [0.3, 0.4) is 0 Å². The largest absolute Gasteiger partial charge is 0.378 e. The van der Waals surface area contributed by atoms with Gasteiger partial charge < -0.3 is 10.1 Å². The first-order valence-corrected chi connectivity index (χ1v) is 6.15. The number of ether oxygens (including phenoxy) is 1. The fraction of sp³-hybridized carbons (Fsp3) is 0.417. The molecular weight excluding hydrogens is 270 g/mol. The molecule has 1 N–H and O–H groups in total. The van der Waals surface area contributed by atoms with E-state index in [0.717, 1.165) is 16.6 Å². The van der Waals surface area contributed by atoms with E-state index >= 15 is 0 Å². The Kier molecular flexibility index (Phi) is 3.61. The number of nitrogens with one attached hydrogen (secondary N) is 1. The van der Waals surface area contributed by atoms with Gasteiger partial charge in [-0.25, -0.2) is 0 Å². The molecule has 2 unspecified atom stereocenters. The molecule has 3 nitrogen and oxygen atoms in total. The van der Waals surface area contributed by atoms with E-state index in [4.69, 9.17) is 4.74 Å². The van der Waals surface area contributed by atoms with E-state index in [-0.39, 0.29) is 17.9 Å². The summed E-state index contributed by atoms with van der Waals surface area (Å²) in [4.78, 5) is 12.0. The second kappa shape index (κ2) is 4.97. The smallest absolute Gasteiger partial charge is 0.230 e. The topological polar surface area (TPSA) is 38.3 Å². The van der Waals surface area contributed by atoms with E-state index in [2.05, 4.69) is 21.2 Å². The molecule has 1 aliphatic rings. The Balaban J connectivity index is 2.05. The van der Waals surface area contributed by atoms with Crippen molar-refractivity contribution in [1.82, 2.24) is 0 Å². The maximum absolute atomic E-state index is 12.0. The fourth-order valence-corrected chi connectivity index (χ4v) is 2.25. The molecule has 0 aliphatic carbocycles. The fourth-order valence-electron chi connectivity index (χ4n) is 1.86. The van der Waals surface area contributed by atoms with E-state index < -0.39 is 0 Å². The Morgan fingerprint density at radius 1 is 1.50 bits per heavy atom. The highest BCUT2D eigenvalue weighted by molar-refractivity contribution is 9.10. The number of para-hydroxylation sites is 1. The molecule has 1 aromatic carbocycles. The van der Waals surface area contributed by atoms with E-state index in [1.54, 1.807) is 0 Å². The van der Waals surface area contributed by atoms with Crippen LogP contribution < -0.4 is 5.32 Å². The molecule has 0 bridgehead atoms. The van der Waals surface area contributed by atoms with Gasteiger partial charge in [-0.3, -0.25) is 4.79 Å². The molecule has 1 saturated heterocycles. The van der Waals surface area contributed by atoms with Gasteiger partial charge in [-0.05, 0) is 41.4 Å². The third-order valence-corrected chi connectivity index (χ3v) is 3.54. The van der Waals surface area contributed by atoms with E-state index in [9.17, 15) is 4.79 Å². The van der Waals surface area contributed by atoms with Crippen molar-refractivity contribution in [2.45, 2.75) is 19.4 Å². The molecule has 0 spiro atoms. The summed E-state index contributed by atoms with van der Waals surface area (Å²) in [6, 6.07) is 7.60. The zero-order chi connectivity index (χ0) is 11.5. The second-order valence-electron chi connectivity index (χ2n) is 3.94. The summed E-state index contributed by atoms with van der Waals surface area (Å²) in [5, 5.41) is 2.92. The van der Waals surface area contributed by atoms with Crippen LogP contribution in [0, 0.1) is 5.92 Å². The minimum atomic E-state index is -0.0351. The molecule has 1 fully saturated rings. The first kappa shape index (κ1) is 11.6. The van der Waals surface area contributed by atoms with Gasteiger partial charge >= 0.3 is 0 Å². The van der Waals surface area contributed by atoms with Gasteiger partial charge in [0.15, 0.2) is 0 Å². The molecule has 0 aromatic heterocycles. The molecule has 4 heteroatoms. The van der Waals surface area contributed by atoms with E-state index in [0.29, 0.717) is 6.61 Å². The minimum Gasteiger partial charge on any atom is -0.378 e. The Labute approximate surface area is 103 Å². The van der Waals surface area contributed by atoms with Crippen LogP contribution in [-0.4, -0.2) is 18.6 Å². The Hall–Kier alpha value is -0.870. The molecule has 2 rings (SSSR count). The zero-order valence-electron chi connectivity index (χ0n) is 9.07. The van der Waals surface area contributed by atoms with Crippen molar-refractivity contribution < 1.29 is 9.53 Å². The first-order chi connectivity index (χ1) is 7.68. The maximum atomic E-state index is 12.0. The third kappa shape index (κ3) is 2.44. The highest BCUT2D eigenvalue weighted by Crippen LogP contribution is 2.25. The summed E-state index contributed by atoms with van der Waals surface area (Å²) < 4.78 is 6.28. The van der Waals surface area contributed by atoms with Gasteiger partial charge in [0.1, 0.15) is 0 Å². The van der Waals surface area contributed by atoms with E-state index in [1.807, 2.05) is 31.2 Å². The average Bonchev–Trinajstić information content (AvgIpc) is 2.68. The summed E-state index contributed by atoms with van der Waals surface area (Å²) in [7, 11) is 0. The van der Waals surface area contributed by atoms with Crippen LogP contribution >= 0.6 is 15.9 Å². The number of carbonyl (C=O) groups excluding carboxylic acids is 1. The van der Waals surface area contributed by atoms with Crippen LogP contribution in [0.1, 0.15) is 13.3 Å². The van der Waals surface area contributed by atoms with Gasteiger partial charge in [-0.15, -0.1) is 0 Å². The monoisotopic (exact) mass is 283 g/mol. The van der Waals surface area contributed by atoms with Crippen molar-refractivity contribution in [3.8, 4) is 0 Å². The van der Waals surface area contributed by atoms with Gasteiger partial charge in [0.25, 0.3) is 0 Å². The van der Waals surface area contributed by atoms with Crippen molar-refractivity contribution in [3.05, 3.63) is 28.7 Å². The lowest BCUT2D eigenvalue weighted by Gasteiger charge is -2.14. The Morgan fingerprint density at radius 2 is 2.25 bits per heavy atom. The van der Waals surface area contributed by atoms with Crippen LogP contribution in [0.15, 0.2) is 28.7 Å². The number of amides is 1. The van der Waals surface area contributed by atoms with Crippen molar-refractivity contribution in [2.24, 2.45) is 5.92 Å². The van der Waals surface area contributed by atoms with Crippen molar-refractivity contribution in [3.63, 3.8) is 0 Å². The van der Waals surface area contributed by atoms with Crippen molar-refractivity contribution in [1.29, 1.82) is 0 Å². The lowest BCUT2D eigenvalue weighted by molar-refractivity contribution is -0.121. The van der Waals surface area contributed by atoms with Gasteiger partial charge in [0.05, 0.1) is 17.7 Å². The number of benzene rings is 1. The Bertz CT molecular complexity index is 394. The molecule has 2 atom stereocenters. The predicted octanol–water partition coefficient (Wildman–Crippen LogP) is 2.81. The summed E-state index contributed by atoms with van der Waals surface area (Å²) in [5.74, 6) is 0.00371. The molecule has 1 aliphatic heterocycles. The zero-order valence-corrected chi connectivity index (χ0v) is 10.7. The number of anilines is 1. The van der Waals surface area contributed by atoms with Crippen molar-refractivity contribution in [2.75, 3.05) is 11.9 Å². The summed E-state index contributed by atoms with van der Waals surface area (Å²) >= 11 is 3.40. The number of hydrogen-bond acceptors (Lipinski definition) is 2. The molecule has 1 aromatic rings. The Morgan fingerprint density at radius 3 is 2.88 bits per heavy atom. The number of halogens is 1. The molecule has 1 heterocycles. The van der Waals surface area contributed by atoms with Crippen LogP contribution in [0.2, 0.25) is 0 Å². The highest BCUT2D eigenvalue weighted by atomic mass is 79.9. The molecule has 86 valence electrons. The number of rotatable bonds is 2. The number of hydrogen-bond donors (Lipinski definition) is 1. The maximum Gasteiger partial charge on any atom is 0.230 e. The summed E-state index contributed by atoms with van der Waals surface area (Å²) in [6.45, 7) is 2.62. The SMILES string of the molecule is CC1OCCC1C(=O)Nc1ccccc1Br. The lowest BCUT2D eigenvalue weighted by atomic mass is 10.0. The van der Waals surface area contributed by atoms with Gasteiger partial charge in [-0.2, -0.15) is 0 Å². The van der Waals surface area contributed by atoms with Gasteiger partial charge in [-0.1, -0.05) is 12.1 Å². The van der Waals surface area contributed by atoms with Gasteiger partial charge in [0, 0.05) is 11.1 Å². The quantitative estimate of drug-likeness (QED) is 0.907. The molecular formula is C12H14BrNO2. The molecule has 0 radical (unpaired) electrons. The number of carbonyl (C=O) groups is 1. The van der Waals surface area contributed by atoms with Crippen LogP contribution in [0.5, 0.6) is 0 Å². The van der Waals surface area contributed by atoms with Gasteiger partial charge in [0.2, 0.25) is 5.91 Å². The molecule has 16 heavy (non-hydrogen) atoms. The summed E-state index contributed by atoms with van der Waals surface area (Å²) in [5.41, 5.74) is 0.812. The third-order valence-electron chi connectivity index (χ3n) is 2.84. The highest BCUT2D eigenvalue weighted by Gasteiger charge is 2.30. The lowest BCUT2D eigenvalue weighted by Crippen LogP contribution is -2.27. The minimum absolute atomic E-state index is 0.0162. The van der Waals surface area contributed by atoms with Crippen LogP contribution in [-0.2, 0) is 9.53 Å². The predicted molar refractivity (Wildman–Crippen MR) is 66.3 cm³/mol. The summed E-state index contributed by atoms with van der Waals surface area (Å²) in [6.07, 6.45) is 0.819. The first-order valence-electron chi connectivity index (χ1n) is 5.35.